The molecule has 0 atom stereocenters. The molecule has 74 valence electrons. The number of nitrogens with two attached hydrogens (primary N) is 1. The first-order chi connectivity index (χ1) is 6.76. The van der Waals surface area contributed by atoms with Gasteiger partial charge in [-0.25, -0.2) is 0 Å². The number of alkyl halides is 1. The lowest BCUT2D eigenvalue weighted by Crippen LogP contribution is -1.89. The molecule has 14 heavy (non-hydrogen) atoms. The maximum atomic E-state index is 9.18. The predicted molar refractivity (Wildman–Crippen MR) is 64.8 cm³/mol. The molecule has 2 rings (SSSR count). The number of hydrogen-bond acceptors (Lipinski definition) is 3. The Morgan fingerprint density at radius 1 is 1.36 bits per heavy atom. The van der Waals surface area contributed by atoms with E-state index in [1.54, 1.807) is 11.3 Å². The molecule has 2 nitrogen and oxygen atoms in total. The standard InChI is InChI=1S/C10H10BrNOS/c11-3-7-5-14-10-6(4-13)1-8(12)2-9(7)10/h1-2,5,13H,3-4,12H2. The van der Waals surface area contributed by atoms with Crippen molar-refractivity contribution in [2.45, 2.75) is 11.9 Å². The molecule has 0 spiro atoms. The minimum absolute atomic E-state index is 0.0454. The average molecular weight is 272 g/mol. The first kappa shape index (κ1) is 9.96. The summed E-state index contributed by atoms with van der Waals surface area (Å²) in [7, 11) is 0. The summed E-state index contributed by atoms with van der Waals surface area (Å²) in [6, 6.07) is 3.79. The maximum Gasteiger partial charge on any atom is 0.0696 e. The Hall–Kier alpha value is -0.580. The van der Waals surface area contributed by atoms with Gasteiger partial charge in [0.15, 0.2) is 0 Å². The Morgan fingerprint density at radius 2 is 2.14 bits per heavy atom. The van der Waals surface area contributed by atoms with Crippen LogP contribution in [0.5, 0.6) is 0 Å². The lowest BCUT2D eigenvalue weighted by molar-refractivity contribution is 0.283. The van der Waals surface area contributed by atoms with Gasteiger partial charge in [-0.05, 0) is 34.0 Å². The Morgan fingerprint density at radius 3 is 2.79 bits per heavy atom. The third kappa shape index (κ3) is 1.54. The number of rotatable bonds is 2. The van der Waals surface area contributed by atoms with E-state index in [2.05, 4.69) is 21.3 Å². The summed E-state index contributed by atoms with van der Waals surface area (Å²) in [6.07, 6.45) is 0. The van der Waals surface area contributed by atoms with Crippen LogP contribution < -0.4 is 5.73 Å². The molecule has 1 aromatic carbocycles. The molecule has 0 saturated carbocycles. The van der Waals surface area contributed by atoms with Gasteiger partial charge in [0.1, 0.15) is 0 Å². The van der Waals surface area contributed by atoms with E-state index in [1.165, 1.54) is 5.56 Å². The van der Waals surface area contributed by atoms with E-state index >= 15 is 0 Å². The summed E-state index contributed by atoms with van der Waals surface area (Å²) in [4.78, 5) is 0. The van der Waals surface area contributed by atoms with Crippen molar-refractivity contribution < 1.29 is 5.11 Å². The van der Waals surface area contributed by atoms with Crippen LogP contribution in [0, 0.1) is 0 Å². The summed E-state index contributed by atoms with van der Waals surface area (Å²) in [6.45, 7) is 0.0454. The zero-order valence-electron chi connectivity index (χ0n) is 7.46. The van der Waals surface area contributed by atoms with Gasteiger partial charge in [0.2, 0.25) is 0 Å². The second-order valence-corrected chi connectivity index (χ2v) is 4.55. The highest BCUT2D eigenvalue weighted by Gasteiger charge is 2.07. The summed E-state index contributed by atoms with van der Waals surface area (Å²) in [5.74, 6) is 0. The average Bonchev–Trinajstić information content (AvgIpc) is 2.59. The van der Waals surface area contributed by atoms with E-state index in [1.807, 2.05) is 12.1 Å². The van der Waals surface area contributed by atoms with E-state index in [-0.39, 0.29) is 6.61 Å². The lowest BCUT2D eigenvalue weighted by Gasteiger charge is -2.02. The highest BCUT2D eigenvalue weighted by Crippen LogP contribution is 2.32. The van der Waals surface area contributed by atoms with Gasteiger partial charge in [-0.3, -0.25) is 0 Å². The van der Waals surface area contributed by atoms with Crippen LogP contribution in [0.1, 0.15) is 11.1 Å². The molecule has 0 aliphatic heterocycles. The van der Waals surface area contributed by atoms with Crippen LogP contribution in [0.25, 0.3) is 10.1 Å². The Balaban J connectivity index is 2.76. The van der Waals surface area contributed by atoms with Crippen molar-refractivity contribution in [1.29, 1.82) is 0 Å². The molecule has 0 radical (unpaired) electrons. The van der Waals surface area contributed by atoms with E-state index < -0.39 is 0 Å². The van der Waals surface area contributed by atoms with Gasteiger partial charge in [-0.2, -0.15) is 0 Å². The van der Waals surface area contributed by atoms with E-state index in [0.717, 1.165) is 21.0 Å². The third-order valence-electron chi connectivity index (χ3n) is 2.17. The minimum Gasteiger partial charge on any atom is -0.399 e. The molecule has 0 aliphatic carbocycles. The maximum absolute atomic E-state index is 9.18. The normalized spacial score (nSPS) is 11.0. The monoisotopic (exact) mass is 271 g/mol. The van der Waals surface area contributed by atoms with Crippen LogP contribution >= 0.6 is 27.3 Å². The quantitative estimate of drug-likeness (QED) is 0.652. The molecule has 0 saturated heterocycles. The van der Waals surface area contributed by atoms with Gasteiger partial charge in [0, 0.05) is 15.7 Å². The van der Waals surface area contributed by atoms with Crippen LogP contribution in [0.2, 0.25) is 0 Å². The van der Waals surface area contributed by atoms with Crippen molar-refractivity contribution >= 4 is 43.0 Å². The highest BCUT2D eigenvalue weighted by molar-refractivity contribution is 9.08. The molecule has 4 heteroatoms. The zero-order chi connectivity index (χ0) is 10.1. The molecule has 0 amide bonds. The predicted octanol–water partition coefficient (Wildman–Crippen LogP) is 2.87. The van der Waals surface area contributed by atoms with Gasteiger partial charge in [0.25, 0.3) is 0 Å². The summed E-state index contributed by atoms with van der Waals surface area (Å²) in [5, 5.41) is 13.2. The molecular weight excluding hydrogens is 262 g/mol. The Bertz CT molecular complexity index is 466. The molecule has 0 fully saturated rings. The van der Waals surface area contributed by atoms with Gasteiger partial charge >= 0.3 is 0 Å². The number of benzene rings is 1. The fraction of sp³-hybridized carbons (Fsp3) is 0.200. The summed E-state index contributed by atoms with van der Waals surface area (Å²) in [5.41, 5.74) is 8.61. The molecule has 1 aromatic heterocycles. The third-order valence-corrected chi connectivity index (χ3v) is 3.89. The number of fused-ring (bicyclic) bond motifs is 1. The van der Waals surface area contributed by atoms with Gasteiger partial charge in [-0.15, -0.1) is 11.3 Å². The van der Waals surface area contributed by atoms with Crippen molar-refractivity contribution in [2.75, 3.05) is 5.73 Å². The number of hydrogen-bond donors (Lipinski definition) is 2. The minimum atomic E-state index is 0.0454. The number of halogens is 1. The van der Waals surface area contributed by atoms with Crippen LogP contribution in [0.3, 0.4) is 0 Å². The van der Waals surface area contributed by atoms with Gasteiger partial charge < -0.3 is 10.8 Å². The van der Waals surface area contributed by atoms with E-state index in [9.17, 15) is 5.11 Å². The number of aliphatic hydroxyl groups excluding tert-OH is 1. The largest absolute Gasteiger partial charge is 0.399 e. The highest BCUT2D eigenvalue weighted by atomic mass is 79.9. The number of thiophene rings is 1. The number of nitrogen functional groups attached to an aromatic ring is 1. The van der Waals surface area contributed by atoms with Crippen molar-refractivity contribution in [3.05, 3.63) is 28.6 Å². The molecule has 2 aromatic rings. The fourth-order valence-electron chi connectivity index (χ4n) is 1.51. The molecular formula is C10H10BrNOS. The van der Waals surface area contributed by atoms with Crippen molar-refractivity contribution in [3.63, 3.8) is 0 Å². The molecule has 1 heterocycles. The first-order valence-electron chi connectivity index (χ1n) is 4.21. The van der Waals surface area contributed by atoms with Gasteiger partial charge in [-0.1, -0.05) is 15.9 Å². The van der Waals surface area contributed by atoms with Crippen LogP contribution in [0.4, 0.5) is 5.69 Å². The smallest absolute Gasteiger partial charge is 0.0696 e. The van der Waals surface area contributed by atoms with Gasteiger partial charge in [0.05, 0.1) is 6.61 Å². The van der Waals surface area contributed by atoms with Crippen LogP contribution in [-0.4, -0.2) is 5.11 Å². The topological polar surface area (TPSA) is 46.2 Å². The Labute approximate surface area is 94.5 Å². The van der Waals surface area contributed by atoms with E-state index in [0.29, 0.717) is 5.69 Å². The fourth-order valence-corrected chi connectivity index (χ4v) is 3.25. The SMILES string of the molecule is Nc1cc(CO)c2scc(CBr)c2c1. The Kier molecular flexibility index (Phi) is 2.76. The molecule has 0 aliphatic rings. The lowest BCUT2D eigenvalue weighted by atomic mass is 10.1. The summed E-state index contributed by atoms with van der Waals surface area (Å²) < 4.78 is 1.14. The molecule has 0 unspecified atom stereocenters. The van der Waals surface area contributed by atoms with Crippen molar-refractivity contribution in [2.24, 2.45) is 0 Å². The van der Waals surface area contributed by atoms with Crippen LogP contribution in [-0.2, 0) is 11.9 Å². The molecule has 0 bridgehead atoms. The molecule has 3 N–H and O–H groups in total. The summed E-state index contributed by atoms with van der Waals surface area (Å²) >= 11 is 5.09. The zero-order valence-corrected chi connectivity index (χ0v) is 9.86. The second-order valence-electron chi connectivity index (χ2n) is 3.11. The first-order valence-corrected chi connectivity index (χ1v) is 6.21. The van der Waals surface area contributed by atoms with Crippen molar-refractivity contribution in [3.8, 4) is 0 Å². The number of anilines is 1. The number of aliphatic hydroxyl groups is 1. The van der Waals surface area contributed by atoms with Crippen molar-refractivity contribution in [1.82, 2.24) is 0 Å². The second kappa shape index (κ2) is 3.88. The van der Waals surface area contributed by atoms with Crippen LogP contribution in [0.15, 0.2) is 17.5 Å². The van der Waals surface area contributed by atoms with E-state index in [4.69, 9.17) is 5.73 Å².